The van der Waals surface area contributed by atoms with E-state index in [0.717, 1.165) is 10.8 Å². The van der Waals surface area contributed by atoms with Crippen LogP contribution in [0.3, 0.4) is 0 Å². The van der Waals surface area contributed by atoms with E-state index in [-0.39, 0.29) is 18.2 Å². The van der Waals surface area contributed by atoms with Gasteiger partial charge in [-0.15, -0.1) is 0 Å². The van der Waals surface area contributed by atoms with Gasteiger partial charge in [-0.2, -0.15) is 0 Å². The molecule has 2 aliphatic rings. The van der Waals surface area contributed by atoms with Crippen LogP contribution in [-0.4, -0.2) is 28.7 Å². The number of halogens is 1. The van der Waals surface area contributed by atoms with Crippen LogP contribution in [0, 0.1) is 0 Å². The summed E-state index contributed by atoms with van der Waals surface area (Å²) in [5.74, 6) is -0.965. The van der Waals surface area contributed by atoms with E-state index in [1.54, 1.807) is 18.3 Å². The number of pyridine rings is 1. The lowest BCUT2D eigenvalue weighted by Gasteiger charge is -2.29. The summed E-state index contributed by atoms with van der Waals surface area (Å²) in [5, 5.41) is 3.92. The molecule has 110 valence electrons. The number of benzene rings is 1. The summed E-state index contributed by atoms with van der Waals surface area (Å²) in [6.45, 7) is 0. The average molecular weight is 360 g/mol. The van der Waals surface area contributed by atoms with E-state index >= 15 is 0 Å². The quantitative estimate of drug-likeness (QED) is 0.621. The van der Waals surface area contributed by atoms with E-state index in [4.69, 9.17) is 0 Å². The van der Waals surface area contributed by atoms with Gasteiger partial charge in [0.15, 0.2) is 0 Å². The number of carbonyl (C=O) groups excluding carboxylic acids is 3. The molecule has 0 radical (unpaired) electrons. The number of amides is 3. The Morgan fingerprint density at radius 1 is 1.27 bits per heavy atom. The van der Waals surface area contributed by atoms with E-state index in [2.05, 4.69) is 26.2 Å². The van der Waals surface area contributed by atoms with Crippen molar-refractivity contribution in [3.8, 4) is 0 Å². The molecule has 0 bridgehead atoms. The van der Waals surface area contributed by atoms with Crippen LogP contribution in [0.25, 0.3) is 10.8 Å². The minimum Gasteiger partial charge on any atom is -0.295 e. The lowest BCUT2D eigenvalue weighted by molar-refractivity contribution is -0.134. The third kappa shape index (κ3) is 1.72. The molecular weight excluding hydrogens is 350 g/mol. The molecule has 2 aromatic rings. The van der Waals surface area contributed by atoms with Gasteiger partial charge in [0.1, 0.15) is 10.6 Å². The topological polar surface area (TPSA) is 79.4 Å². The zero-order chi connectivity index (χ0) is 15.4. The van der Waals surface area contributed by atoms with Crippen molar-refractivity contribution in [1.82, 2.24) is 10.3 Å². The molecule has 4 rings (SSSR count). The number of nitrogens with zero attached hydrogens (tertiary/aromatic N) is 2. The first-order chi connectivity index (χ1) is 10.6. The third-order valence-corrected chi connectivity index (χ3v) is 4.71. The van der Waals surface area contributed by atoms with Gasteiger partial charge in [0.05, 0.1) is 17.4 Å². The number of hydrogen-bond donors (Lipinski definition) is 1. The van der Waals surface area contributed by atoms with Crippen molar-refractivity contribution < 1.29 is 14.4 Å². The number of anilines is 1. The monoisotopic (exact) mass is 359 g/mol. The summed E-state index contributed by atoms with van der Waals surface area (Å²) >= 11 is 3.38. The Morgan fingerprint density at radius 3 is 2.86 bits per heavy atom. The molecule has 2 aliphatic heterocycles. The van der Waals surface area contributed by atoms with E-state index in [1.165, 1.54) is 4.90 Å². The molecule has 0 spiro atoms. The van der Waals surface area contributed by atoms with Crippen LogP contribution in [-0.2, 0) is 9.59 Å². The number of nitrogens with one attached hydrogen (secondary N) is 1. The summed E-state index contributed by atoms with van der Waals surface area (Å²) in [4.78, 5) is 41.9. The highest BCUT2D eigenvalue weighted by Crippen LogP contribution is 2.41. The molecule has 1 aromatic heterocycles. The van der Waals surface area contributed by atoms with Gasteiger partial charge in [-0.3, -0.25) is 24.6 Å². The normalized spacial score (nSPS) is 20.7. The minimum atomic E-state index is -0.677. The molecule has 22 heavy (non-hydrogen) atoms. The van der Waals surface area contributed by atoms with Crippen LogP contribution >= 0.6 is 15.9 Å². The van der Waals surface area contributed by atoms with Crippen LogP contribution < -0.4 is 10.2 Å². The number of carbonyl (C=O) groups is 3. The molecule has 1 unspecified atom stereocenters. The Kier molecular flexibility index (Phi) is 2.80. The molecule has 6 nitrogen and oxygen atoms in total. The first kappa shape index (κ1) is 13.4. The molecule has 1 saturated heterocycles. The molecule has 1 fully saturated rings. The van der Waals surface area contributed by atoms with Crippen LogP contribution in [0.5, 0.6) is 0 Å². The lowest BCUT2D eigenvalue weighted by atomic mass is 10.0. The highest BCUT2D eigenvalue weighted by molar-refractivity contribution is 9.10. The van der Waals surface area contributed by atoms with Gasteiger partial charge >= 0.3 is 0 Å². The fraction of sp³-hybridized carbons (Fsp3) is 0.200. The summed E-state index contributed by atoms with van der Waals surface area (Å²) in [6.07, 6.45) is 2.14. The molecule has 0 saturated carbocycles. The Hall–Kier alpha value is -2.28. The van der Waals surface area contributed by atoms with Crippen molar-refractivity contribution >= 4 is 50.1 Å². The molecule has 1 N–H and O–H groups in total. The van der Waals surface area contributed by atoms with E-state index in [1.807, 2.05) is 6.07 Å². The SMILES string of the molecule is O=C1CCC(N2C(=O)c3cccc4c(Br)ncc2c34)C(=O)N1. The molecule has 0 aliphatic carbocycles. The maximum absolute atomic E-state index is 12.7. The minimum absolute atomic E-state index is 0.226. The van der Waals surface area contributed by atoms with Crippen molar-refractivity contribution in [2.75, 3.05) is 4.90 Å². The fourth-order valence-electron chi connectivity index (χ4n) is 3.09. The van der Waals surface area contributed by atoms with Crippen molar-refractivity contribution in [3.05, 3.63) is 34.6 Å². The Labute approximate surface area is 133 Å². The van der Waals surface area contributed by atoms with Crippen LogP contribution in [0.15, 0.2) is 29.0 Å². The Bertz CT molecular complexity index is 864. The molecule has 1 aromatic carbocycles. The van der Waals surface area contributed by atoms with Gasteiger partial charge in [0.25, 0.3) is 5.91 Å². The summed E-state index contributed by atoms with van der Waals surface area (Å²) in [7, 11) is 0. The summed E-state index contributed by atoms with van der Waals surface area (Å²) < 4.78 is 0.658. The maximum Gasteiger partial charge on any atom is 0.259 e. The largest absolute Gasteiger partial charge is 0.295 e. The second-order valence-corrected chi connectivity index (χ2v) is 6.06. The van der Waals surface area contributed by atoms with Crippen LogP contribution in [0.1, 0.15) is 23.2 Å². The van der Waals surface area contributed by atoms with Crippen molar-refractivity contribution in [3.63, 3.8) is 0 Å². The van der Waals surface area contributed by atoms with Gasteiger partial charge in [-0.05, 0) is 28.4 Å². The summed E-state index contributed by atoms with van der Waals surface area (Å²) in [5.41, 5.74) is 1.17. The van der Waals surface area contributed by atoms with Crippen molar-refractivity contribution in [2.45, 2.75) is 18.9 Å². The van der Waals surface area contributed by atoms with E-state index in [0.29, 0.717) is 22.3 Å². The number of aromatic nitrogens is 1. The van der Waals surface area contributed by atoms with Crippen molar-refractivity contribution in [1.29, 1.82) is 0 Å². The first-order valence-corrected chi connectivity index (χ1v) is 7.61. The maximum atomic E-state index is 12.7. The summed E-state index contributed by atoms with van der Waals surface area (Å²) in [6, 6.07) is 4.73. The van der Waals surface area contributed by atoms with E-state index in [9.17, 15) is 14.4 Å². The van der Waals surface area contributed by atoms with E-state index < -0.39 is 11.9 Å². The van der Waals surface area contributed by atoms with Gasteiger partial charge in [0.2, 0.25) is 11.8 Å². The number of rotatable bonds is 1. The van der Waals surface area contributed by atoms with Gasteiger partial charge in [-0.1, -0.05) is 12.1 Å². The second-order valence-electron chi connectivity index (χ2n) is 5.30. The molecule has 3 amide bonds. The number of piperidine rings is 1. The molecule has 7 heteroatoms. The molecule has 1 atom stereocenters. The number of imide groups is 1. The van der Waals surface area contributed by atoms with Crippen molar-refractivity contribution in [2.24, 2.45) is 0 Å². The zero-order valence-corrected chi connectivity index (χ0v) is 12.9. The lowest BCUT2D eigenvalue weighted by Crippen LogP contribution is -2.53. The Balaban J connectivity index is 1.89. The molecule has 3 heterocycles. The van der Waals surface area contributed by atoms with Gasteiger partial charge in [-0.25, -0.2) is 4.98 Å². The predicted molar refractivity (Wildman–Crippen MR) is 82.4 cm³/mol. The standard InChI is InChI=1S/C15H10BrN3O3/c16-13-7-2-1-3-8-12(7)10(6-17-13)19(15(8)22)9-4-5-11(20)18-14(9)21/h1-3,6,9H,4-5H2,(H,18,20,21). The smallest absolute Gasteiger partial charge is 0.259 e. The van der Waals surface area contributed by atoms with Crippen LogP contribution in [0.2, 0.25) is 0 Å². The number of hydrogen-bond acceptors (Lipinski definition) is 4. The highest BCUT2D eigenvalue weighted by Gasteiger charge is 2.41. The highest BCUT2D eigenvalue weighted by atomic mass is 79.9. The molecular formula is C15H10BrN3O3. The third-order valence-electron chi connectivity index (χ3n) is 4.07. The zero-order valence-electron chi connectivity index (χ0n) is 11.3. The fourth-order valence-corrected chi connectivity index (χ4v) is 3.52. The Morgan fingerprint density at radius 2 is 2.09 bits per heavy atom. The van der Waals surface area contributed by atoms with Crippen LogP contribution in [0.4, 0.5) is 5.69 Å². The predicted octanol–water partition coefficient (Wildman–Crippen LogP) is 1.76. The average Bonchev–Trinajstić information content (AvgIpc) is 2.78. The first-order valence-electron chi connectivity index (χ1n) is 6.82. The second kappa shape index (κ2) is 4.61. The van der Waals surface area contributed by atoms with Gasteiger partial charge in [0, 0.05) is 17.2 Å². The van der Waals surface area contributed by atoms with Gasteiger partial charge < -0.3 is 0 Å².